The van der Waals surface area contributed by atoms with Crippen LogP contribution in [0.2, 0.25) is 0 Å². The third-order valence-corrected chi connectivity index (χ3v) is 2.73. The quantitative estimate of drug-likeness (QED) is 0.503. The highest BCUT2D eigenvalue weighted by Crippen LogP contribution is 2.27. The van der Waals surface area contributed by atoms with Crippen molar-refractivity contribution in [2.24, 2.45) is 0 Å². The maximum absolute atomic E-state index is 11.0. The summed E-state index contributed by atoms with van der Waals surface area (Å²) in [5.74, 6) is 1.40. The molecule has 5 nitrogen and oxygen atoms in total. The molecule has 108 valence electrons. The summed E-state index contributed by atoms with van der Waals surface area (Å²) in [4.78, 5) is 11.0. The largest absolute Gasteiger partial charge is 0.497 e. The third-order valence-electron chi connectivity index (χ3n) is 2.73. The minimum atomic E-state index is -0.603. The lowest BCUT2D eigenvalue weighted by Crippen LogP contribution is -2.14. The smallest absolute Gasteiger partial charge is 0.267 e. The number of hydrogen-bond donors (Lipinski definition) is 2. The molecule has 0 atom stereocenters. The number of amides is 1. The van der Waals surface area contributed by atoms with E-state index >= 15 is 0 Å². The second-order valence-electron chi connectivity index (χ2n) is 4.12. The summed E-state index contributed by atoms with van der Waals surface area (Å²) in [6.07, 6.45) is 2.78. The molecule has 0 aliphatic heterocycles. The van der Waals surface area contributed by atoms with E-state index in [0.717, 1.165) is 11.3 Å². The van der Waals surface area contributed by atoms with Crippen molar-refractivity contribution in [1.82, 2.24) is 5.48 Å². The molecule has 0 heterocycles. The number of para-hydroxylation sites is 1. The van der Waals surface area contributed by atoms with Crippen molar-refractivity contribution in [3.8, 4) is 17.2 Å². The van der Waals surface area contributed by atoms with E-state index in [1.165, 1.54) is 11.6 Å². The van der Waals surface area contributed by atoms with Crippen molar-refractivity contribution in [2.75, 3.05) is 7.11 Å². The van der Waals surface area contributed by atoms with E-state index in [1.54, 1.807) is 49.6 Å². The monoisotopic (exact) mass is 285 g/mol. The molecule has 0 aliphatic carbocycles. The van der Waals surface area contributed by atoms with Crippen molar-refractivity contribution < 1.29 is 19.5 Å². The number of hydroxylamine groups is 1. The lowest BCUT2D eigenvalue weighted by molar-refractivity contribution is -0.124. The van der Waals surface area contributed by atoms with Crippen molar-refractivity contribution in [1.29, 1.82) is 0 Å². The number of carbonyl (C=O) groups excluding carboxylic acids is 1. The van der Waals surface area contributed by atoms with Crippen LogP contribution in [0.25, 0.3) is 6.08 Å². The molecule has 0 aliphatic rings. The first-order valence-corrected chi connectivity index (χ1v) is 6.26. The standard InChI is InChI=1S/C16H15NO4/c1-20-13-7-9-14(10-8-13)21-15-5-3-2-4-12(15)6-11-16(18)17-19/h2-11,19H,1H3,(H,17,18). The van der Waals surface area contributed by atoms with Gasteiger partial charge in [0.05, 0.1) is 7.11 Å². The molecular formula is C16H15NO4. The first-order chi connectivity index (χ1) is 10.2. The Hall–Kier alpha value is -2.79. The van der Waals surface area contributed by atoms with Gasteiger partial charge >= 0.3 is 0 Å². The third kappa shape index (κ3) is 4.09. The van der Waals surface area contributed by atoms with Gasteiger partial charge in [-0.2, -0.15) is 0 Å². The Balaban J connectivity index is 2.19. The van der Waals surface area contributed by atoms with Crippen molar-refractivity contribution in [3.63, 3.8) is 0 Å². The van der Waals surface area contributed by atoms with E-state index in [0.29, 0.717) is 11.5 Å². The van der Waals surface area contributed by atoms with Crippen LogP contribution in [-0.2, 0) is 4.79 Å². The molecule has 0 aromatic heterocycles. The summed E-state index contributed by atoms with van der Waals surface area (Å²) >= 11 is 0. The minimum Gasteiger partial charge on any atom is -0.497 e. The van der Waals surface area contributed by atoms with E-state index in [4.69, 9.17) is 14.7 Å². The van der Waals surface area contributed by atoms with Crippen LogP contribution in [0.5, 0.6) is 17.2 Å². The molecular weight excluding hydrogens is 270 g/mol. The number of rotatable bonds is 5. The number of hydrogen-bond acceptors (Lipinski definition) is 4. The van der Waals surface area contributed by atoms with Gasteiger partial charge in [0.2, 0.25) is 0 Å². The molecule has 2 N–H and O–H groups in total. The van der Waals surface area contributed by atoms with E-state index in [2.05, 4.69) is 0 Å². The van der Waals surface area contributed by atoms with Gasteiger partial charge in [-0.25, -0.2) is 5.48 Å². The minimum absolute atomic E-state index is 0.602. The van der Waals surface area contributed by atoms with Crippen LogP contribution < -0.4 is 15.0 Å². The molecule has 1 amide bonds. The molecule has 0 spiro atoms. The molecule has 0 unspecified atom stereocenters. The summed E-state index contributed by atoms with van der Waals surface area (Å²) in [7, 11) is 1.60. The van der Waals surface area contributed by atoms with E-state index in [9.17, 15) is 4.79 Å². The van der Waals surface area contributed by atoms with Crippen LogP contribution in [0, 0.1) is 0 Å². The molecule has 5 heteroatoms. The average Bonchev–Trinajstić information content (AvgIpc) is 2.54. The van der Waals surface area contributed by atoms with Gasteiger partial charge in [0.15, 0.2) is 0 Å². The Labute approximate surface area is 122 Å². The van der Waals surface area contributed by atoms with Gasteiger partial charge in [-0.05, 0) is 36.4 Å². The van der Waals surface area contributed by atoms with Gasteiger partial charge in [-0.1, -0.05) is 18.2 Å². The van der Waals surface area contributed by atoms with Gasteiger partial charge in [0.25, 0.3) is 5.91 Å². The maximum atomic E-state index is 11.0. The predicted octanol–water partition coefficient (Wildman–Crippen LogP) is 3.01. The van der Waals surface area contributed by atoms with Gasteiger partial charge < -0.3 is 9.47 Å². The number of methoxy groups -OCH3 is 1. The summed E-state index contributed by atoms with van der Waals surface area (Å²) < 4.78 is 10.9. The second kappa shape index (κ2) is 7.12. The van der Waals surface area contributed by atoms with Gasteiger partial charge in [-0.15, -0.1) is 0 Å². The van der Waals surface area contributed by atoms with Crippen LogP contribution in [-0.4, -0.2) is 18.2 Å². The molecule has 2 aromatic rings. The predicted molar refractivity (Wildman–Crippen MR) is 78.5 cm³/mol. The topological polar surface area (TPSA) is 67.8 Å². The maximum Gasteiger partial charge on any atom is 0.267 e. The highest BCUT2D eigenvalue weighted by molar-refractivity contribution is 5.91. The van der Waals surface area contributed by atoms with E-state index in [-0.39, 0.29) is 0 Å². The Bertz CT molecular complexity index is 635. The first kappa shape index (κ1) is 14.6. The fraction of sp³-hybridized carbons (Fsp3) is 0.0625. The van der Waals surface area contributed by atoms with Crippen molar-refractivity contribution in [2.45, 2.75) is 0 Å². The second-order valence-corrected chi connectivity index (χ2v) is 4.12. The molecule has 21 heavy (non-hydrogen) atoms. The number of benzene rings is 2. The summed E-state index contributed by atoms with van der Waals surface area (Å²) in [6.45, 7) is 0. The average molecular weight is 285 g/mol. The van der Waals surface area contributed by atoms with Crippen molar-refractivity contribution >= 4 is 12.0 Å². The van der Waals surface area contributed by atoms with Crippen LogP contribution in [0.4, 0.5) is 0 Å². The van der Waals surface area contributed by atoms with Gasteiger partial charge in [0, 0.05) is 11.6 Å². The van der Waals surface area contributed by atoms with Crippen molar-refractivity contribution in [3.05, 3.63) is 60.2 Å². The molecule has 2 aromatic carbocycles. The highest BCUT2D eigenvalue weighted by Gasteiger charge is 2.03. The fourth-order valence-electron chi connectivity index (χ4n) is 1.68. The van der Waals surface area contributed by atoms with Crippen LogP contribution >= 0.6 is 0 Å². The van der Waals surface area contributed by atoms with Gasteiger partial charge in [0.1, 0.15) is 17.2 Å². The molecule has 0 radical (unpaired) electrons. The van der Waals surface area contributed by atoms with E-state index in [1.807, 2.05) is 12.1 Å². The first-order valence-electron chi connectivity index (χ1n) is 6.26. The number of ether oxygens (including phenoxy) is 2. The zero-order valence-electron chi connectivity index (χ0n) is 11.4. The molecule has 0 saturated carbocycles. The molecule has 0 bridgehead atoms. The molecule has 0 saturated heterocycles. The lowest BCUT2D eigenvalue weighted by atomic mass is 10.2. The molecule has 2 rings (SSSR count). The normalized spacial score (nSPS) is 10.4. The number of nitrogens with one attached hydrogen (secondary N) is 1. The Morgan fingerprint density at radius 1 is 1.10 bits per heavy atom. The Kier molecular flexibility index (Phi) is 4.95. The number of carbonyl (C=O) groups is 1. The highest BCUT2D eigenvalue weighted by atomic mass is 16.5. The summed E-state index contributed by atoms with van der Waals surface area (Å²) in [5, 5.41) is 8.47. The lowest BCUT2D eigenvalue weighted by Gasteiger charge is -2.09. The van der Waals surface area contributed by atoms with E-state index < -0.39 is 5.91 Å². The summed E-state index contributed by atoms with van der Waals surface area (Å²) in [5.41, 5.74) is 2.26. The summed E-state index contributed by atoms with van der Waals surface area (Å²) in [6, 6.07) is 14.4. The van der Waals surface area contributed by atoms with Gasteiger partial charge in [-0.3, -0.25) is 10.0 Å². The zero-order valence-corrected chi connectivity index (χ0v) is 11.4. The molecule has 0 fully saturated rings. The Morgan fingerprint density at radius 3 is 2.43 bits per heavy atom. The van der Waals surface area contributed by atoms with Crippen LogP contribution in [0.1, 0.15) is 5.56 Å². The van der Waals surface area contributed by atoms with Crippen LogP contribution in [0.15, 0.2) is 54.6 Å². The zero-order chi connectivity index (χ0) is 15.1. The fourth-order valence-corrected chi connectivity index (χ4v) is 1.68. The Morgan fingerprint density at radius 2 is 1.76 bits per heavy atom. The van der Waals surface area contributed by atoms with Crippen LogP contribution in [0.3, 0.4) is 0 Å². The SMILES string of the molecule is COc1ccc(Oc2ccccc2C=CC(=O)NO)cc1.